The lowest BCUT2D eigenvalue weighted by Crippen LogP contribution is -2.63. The number of carbonyl (C=O) groups is 1. The number of hydrogen-bond acceptors (Lipinski definition) is 5. The van der Waals surface area contributed by atoms with Gasteiger partial charge in [0.05, 0.1) is 0 Å². The van der Waals surface area contributed by atoms with E-state index in [4.69, 9.17) is 0 Å². The fourth-order valence-electron chi connectivity index (χ4n) is 3.90. The molecule has 1 saturated heterocycles. The predicted molar refractivity (Wildman–Crippen MR) is 96.7 cm³/mol. The highest BCUT2D eigenvalue weighted by molar-refractivity contribution is 5.80. The number of amides is 1. The highest BCUT2D eigenvalue weighted by Crippen LogP contribution is 2.36. The van der Waals surface area contributed by atoms with Gasteiger partial charge in [-0.2, -0.15) is 13.2 Å². The number of hydrazine groups is 1. The molecule has 2 aromatic rings. The molecule has 28 heavy (non-hydrogen) atoms. The van der Waals surface area contributed by atoms with Crippen molar-refractivity contribution in [2.75, 3.05) is 11.9 Å². The molecule has 0 bridgehead atoms. The summed E-state index contributed by atoms with van der Waals surface area (Å²) in [6.07, 6.45) is -1.20. The number of fused-ring (bicyclic) bond motifs is 1. The predicted octanol–water partition coefficient (Wildman–Crippen LogP) is 2.19. The van der Waals surface area contributed by atoms with E-state index in [0.29, 0.717) is 19.6 Å². The van der Waals surface area contributed by atoms with Gasteiger partial charge in [0.2, 0.25) is 5.91 Å². The number of carbonyl (C=O) groups excluding carboxylic acids is 1. The van der Waals surface area contributed by atoms with Crippen LogP contribution in [-0.4, -0.2) is 34.6 Å². The van der Waals surface area contributed by atoms with Gasteiger partial charge in [0.1, 0.15) is 0 Å². The van der Waals surface area contributed by atoms with Crippen LogP contribution in [0.1, 0.15) is 16.7 Å². The van der Waals surface area contributed by atoms with Crippen molar-refractivity contribution in [1.82, 2.24) is 20.7 Å². The van der Waals surface area contributed by atoms with Crippen molar-refractivity contribution >= 4 is 11.6 Å². The maximum Gasteiger partial charge on any atom is 0.402 e. The van der Waals surface area contributed by atoms with Crippen LogP contribution < -0.4 is 16.2 Å². The summed E-state index contributed by atoms with van der Waals surface area (Å²) in [6, 6.07) is 8.60. The zero-order valence-electron chi connectivity index (χ0n) is 15.0. The molecule has 1 aromatic heterocycles. The van der Waals surface area contributed by atoms with Gasteiger partial charge in [-0.05, 0) is 28.8 Å². The van der Waals surface area contributed by atoms with Gasteiger partial charge in [0.25, 0.3) is 0 Å². The number of aromatic nitrogens is 1. The summed E-state index contributed by atoms with van der Waals surface area (Å²) >= 11 is 0. The summed E-state index contributed by atoms with van der Waals surface area (Å²) in [5.41, 5.74) is 8.69. The van der Waals surface area contributed by atoms with Crippen molar-refractivity contribution in [3.05, 3.63) is 59.4 Å². The van der Waals surface area contributed by atoms with Crippen molar-refractivity contribution in [2.45, 2.75) is 31.9 Å². The van der Waals surface area contributed by atoms with Crippen molar-refractivity contribution in [1.29, 1.82) is 0 Å². The van der Waals surface area contributed by atoms with Crippen molar-refractivity contribution in [2.24, 2.45) is 5.92 Å². The lowest BCUT2D eigenvalue weighted by atomic mass is 9.95. The van der Waals surface area contributed by atoms with E-state index >= 15 is 0 Å². The van der Waals surface area contributed by atoms with Crippen molar-refractivity contribution < 1.29 is 18.0 Å². The molecular formula is C19H20F3N5O. The van der Waals surface area contributed by atoms with Gasteiger partial charge >= 0.3 is 6.18 Å². The first-order chi connectivity index (χ1) is 13.4. The van der Waals surface area contributed by atoms with E-state index in [9.17, 15) is 18.0 Å². The summed E-state index contributed by atoms with van der Waals surface area (Å²) in [6.45, 7) is 1.39. The van der Waals surface area contributed by atoms with E-state index in [1.54, 1.807) is 17.3 Å². The first-order valence-electron chi connectivity index (χ1n) is 9.00. The molecule has 0 spiro atoms. The van der Waals surface area contributed by atoms with E-state index in [2.05, 4.69) is 21.2 Å². The number of nitrogens with one attached hydrogen (secondary N) is 3. The molecular weight excluding hydrogens is 371 g/mol. The number of halogens is 3. The summed E-state index contributed by atoms with van der Waals surface area (Å²) in [4.78, 5) is 17.6. The van der Waals surface area contributed by atoms with Gasteiger partial charge in [-0.25, -0.2) is 5.43 Å². The van der Waals surface area contributed by atoms with Crippen LogP contribution in [0.2, 0.25) is 0 Å². The number of hydrogen-bond donors (Lipinski definition) is 3. The van der Waals surface area contributed by atoms with Gasteiger partial charge in [-0.3, -0.25) is 20.1 Å². The second-order valence-electron chi connectivity index (χ2n) is 7.01. The molecule has 3 N–H and O–H groups in total. The van der Waals surface area contributed by atoms with Crippen LogP contribution in [0.25, 0.3) is 0 Å². The fourth-order valence-corrected chi connectivity index (χ4v) is 3.90. The highest BCUT2D eigenvalue weighted by atomic mass is 19.4. The van der Waals surface area contributed by atoms with E-state index in [1.807, 2.05) is 30.3 Å². The number of pyridine rings is 1. The molecule has 2 aliphatic rings. The molecule has 1 fully saturated rings. The van der Waals surface area contributed by atoms with E-state index < -0.39 is 24.0 Å². The Balaban J connectivity index is 1.52. The number of anilines is 1. The maximum atomic E-state index is 13.5. The highest BCUT2D eigenvalue weighted by Gasteiger charge is 2.53. The van der Waals surface area contributed by atoms with Crippen LogP contribution in [0.5, 0.6) is 0 Å². The Hall–Kier alpha value is -2.65. The van der Waals surface area contributed by atoms with Gasteiger partial charge in [-0.15, -0.1) is 0 Å². The molecule has 148 valence electrons. The Labute approximate surface area is 160 Å². The molecule has 4 rings (SSSR count). The molecule has 9 heteroatoms. The average molecular weight is 391 g/mol. The molecule has 6 nitrogen and oxygen atoms in total. The number of benzene rings is 1. The fraction of sp³-hybridized carbons (Fsp3) is 0.368. The smallest absolute Gasteiger partial charge is 0.381 e. The minimum atomic E-state index is -4.59. The molecule has 2 aliphatic heterocycles. The molecule has 3 heterocycles. The molecule has 1 aromatic carbocycles. The van der Waals surface area contributed by atoms with Gasteiger partial charge in [-0.1, -0.05) is 18.2 Å². The standard InChI is InChI=1S/C19H20F3N5O/c20-19(21,22)17-16(9-25-26-18(17)28)27-10-13-3-1-2-12(15(13)11-27)8-24-14-4-6-23-7-5-14/h1-7,16-17,25H,8-11H2,(H,23,24)(H,26,28). The third kappa shape index (κ3) is 3.67. The second kappa shape index (κ2) is 7.40. The topological polar surface area (TPSA) is 69.3 Å². The molecule has 1 amide bonds. The largest absolute Gasteiger partial charge is 0.402 e. The minimum Gasteiger partial charge on any atom is -0.381 e. The summed E-state index contributed by atoms with van der Waals surface area (Å²) in [5, 5.41) is 3.31. The maximum absolute atomic E-state index is 13.5. The van der Waals surface area contributed by atoms with Crippen LogP contribution >= 0.6 is 0 Å². The Bertz CT molecular complexity index is 858. The molecule has 0 saturated carbocycles. The molecule has 2 atom stereocenters. The van der Waals surface area contributed by atoms with E-state index in [0.717, 1.165) is 22.4 Å². The van der Waals surface area contributed by atoms with Crippen LogP contribution in [0.3, 0.4) is 0 Å². The SMILES string of the molecule is O=C1NNCC(N2Cc3cccc(CNc4ccncc4)c3C2)C1C(F)(F)F. The van der Waals surface area contributed by atoms with Crippen LogP contribution in [0.4, 0.5) is 18.9 Å². The zero-order chi connectivity index (χ0) is 19.7. The monoisotopic (exact) mass is 391 g/mol. The van der Waals surface area contributed by atoms with Crippen molar-refractivity contribution in [3.8, 4) is 0 Å². The Morgan fingerprint density at radius 2 is 1.96 bits per heavy atom. The Morgan fingerprint density at radius 1 is 1.18 bits per heavy atom. The number of alkyl halides is 3. The first kappa shape index (κ1) is 18.7. The van der Waals surface area contributed by atoms with Crippen molar-refractivity contribution in [3.63, 3.8) is 0 Å². The van der Waals surface area contributed by atoms with Gasteiger partial charge < -0.3 is 5.32 Å². The number of nitrogens with zero attached hydrogens (tertiary/aromatic N) is 2. The van der Waals surface area contributed by atoms with Crippen LogP contribution in [-0.2, 0) is 24.4 Å². The Kier molecular flexibility index (Phi) is 4.94. The normalized spacial score (nSPS) is 22.6. The minimum absolute atomic E-state index is 0.0501. The summed E-state index contributed by atoms with van der Waals surface area (Å²) in [5.74, 6) is -3.07. The second-order valence-corrected chi connectivity index (χ2v) is 7.01. The Morgan fingerprint density at radius 3 is 2.71 bits per heavy atom. The quantitative estimate of drug-likeness (QED) is 0.746. The first-order valence-corrected chi connectivity index (χ1v) is 9.00. The third-order valence-electron chi connectivity index (χ3n) is 5.28. The molecule has 2 unspecified atom stereocenters. The summed E-state index contributed by atoms with van der Waals surface area (Å²) in [7, 11) is 0. The van der Waals surface area contributed by atoms with Crippen LogP contribution in [0.15, 0.2) is 42.7 Å². The summed E-state index contributed by atoms with van der Waals surface area (Å²) < 4.78 is 40.4. The van der Waals surface area contributed by atoms with Gasteiger partial charge in [0.15, 0.2) is 5.92 Å². The van der Waals surface area contributed by atoms with Gasteiger partial charge in [0, 0.05) is 50.3 Å². The van der Waals surface area contributed by atoms with E-state index in [-0.39, 0.29) is 6.54 Å². The third-order valence-corrected chi connectivity index (χ3v) is 5.28. The van der Waals surface area contributed by atoms with Crippen LogP contribution in [0, 0.1) is 5.92 Å². The molecule has 0 aliphatic carbocycles. The lowest BCUT2D eigenvalue weighted by molar-refractivity contribution is -0.201. The zero-order valence-corrected chi connectivity index (χ0v) is 15.0. The number of rotatable bonds is 4. The lowest BCUT2D eigenvalue weighted by Gasteiger charge is -2.38. The average Bonchev–Trinajstić information content (AvgIpc) is 3.11. The molecule has 0 radical (unpaired) electrons. The van der Waals surface area contributed by atoms with E-state index in [1.165, 1.54) is 0 Å².